The highest BCUT2D eigenvalue weighted by molar-refractivity contribution is 6.07. The van der Waals surface area contributed by atoms with E-state index in [1.54, 1.807) is 45.9 Å². The Labute approximate surface area is 240 Å². The zero-order chi connectivity index (χ0) is 29.0. The summed E-state index contributed by atoms with van der Waals surface area (Å²) in [5.74, 6) is -1.12. The molecule has 3 aromatic rings. The Hall–Kier alpha value is -4.27. The van der Waals surface area contributed by atoms with Crippen LogP contribution in [-0.2, 0) is 33.1 Å². The van der Waals surface area contributed by atoms with Gasteiger partial charge in [0.2, 0.25) is 11.8 Å². The molecule has 0 spiro atoms. The van der Waals surface area contributed by atoms with Crippen LogP contribution in [0, 0.1) is 5.92 Å². The maximum absolute atomic E-state index is 13.8. The zero-order valence-corrected chi connectivity index (χ0v) is 23.1. The summed E-state index contributed by atoms with van der Waals surface area (Å²) >= 11 is 0. The molecule has 1 fully saturated rings. The van der Waals surface area contributed by atoms with Crippen LogP contribution in [0.2, 0.25) is 0 Å². The Bertz CT molecular complexity index is 1460. The molecule has 8 heteroatoms. The van der Waals surface area contributed by atoms with Gasteiger partial charge in [-0.25, -0.2) is 0 Å². The second kappa shape index (κ2) is 12.1. The highest BCUT2D eigenvalue weighted by Crippen LogP contribution is 2.45. The minimum atomic E-state index is -1.80. The molecule has 2 atom stereocenters. The fourth-order valence-corrected chi connectivity index (χ4v) is 5.51. The molecule has 2 heterocycles. The van der Waals surface area contributed by atoms with E-state index in [0.717, 1.165) is 16.8 Å². The summed E-state index contributed by atoms with van der Waals surface area (Å²) in [6, 6.07) is 24.4. The van der Waals surface area contributed by atoms with E-state index in [9.17, 15) is 24.6 Å². The summed E-state index contributed by atoms with van der Waals surface area (Å²) in [7, 11) is 0. The Morgan fingerprint density at radius 2 is 1.76 bits per heavy atom. The second-order valence-corrected chi connectivity index (χ2v) is 10.6. The number of aliphatic hydroxyl groups excluding tert-OH is 1. The van der Waals surface area contributed by atoms with Crippen LogP contribution in [0.1, 0.15) is 36.5 Å². The van der Waals surface area contributed by atoms with Crippen molar-refractivity contribution < 1.29 is 24.6 Å². The molecule has 212 valence electrons. The summed E-state index contributed by atoms with van der Waals surface area (Å²) in [5.41, 5.74) is 1.99. The van der Waals surface area contributed by atoms with Gasteiger partial charge in [-0.1, -0.05) is 79.7 Å². The maximum Gasteiger partial charge on any atom is 0.264 e. The number of carbonyl (C=O) groups is 3. The van der Waals surface area contributed by atoms with E-state index in [1.807, 2.05) is 66.7 Å². The molecule has 5 rings (SSSR count). The molecule has 1 saturated heterocycles. The number of hydrogen-bond donors (Lipinski definition) is 2. The van der Waals surface area contributed by atoms with Crippen molar-refractivity contribution in [3.05, 3.63) is 108 Å². The zero-order valence-electron chi connectivity index (χ0n) is 23.1. The fourth-order valence-electron chi connectivity index (χ4n) is 5.51. The summed E-state index contributed by atoms with van der Waals surface area (Å²) < 4.78 is 0. The number of nitrogens with zero attached hydrogens (tertiary/aromatic N) is 3. The van der Waals surface area contributed by atoms with Gasteiger partial charge in [0, 0.05) is 49.6 Å². The van der Waals surface area contributed by atoms with E-state index in [-0.39, 0.29) is 37.9 Å². The average molecular weight is 554 g/mol. The highest BCUT2D eigenvalue weighted by atomic mass is 16.3. The van der Waals surface area contributed by atoms with E-state index in [1.165, 1.54) is 0 Å². The summed E-state index contributed by atoms with van der Waals surface area (Å²) in [4.78, 5) is 43.6. The Kier molecular flexibility index (Phi) is 8.33. The second-order valence-electron chi connectivity index (χ2n) is 10.6. The molecular formula is C33H35N3O5. The molecule has 0 saturated carbocycles. The topological polar surface area (TPSA) is 101 Å². The number of amides is 3. The van der Waals surface area contributed by atoms with Gasteiger partial charge in [0.25, 0.3) is 5.91 Å². The fraction of sp³-hybridized carbons (Fsp3) is 0.303. The van der Waals surface area contributed by atoms with Crippen LogP contribution in [0.4, 0.5) is 11.4 Å². The van der Waals surface area contributed by atoms with E-state index in [2.05, 4.69) is 0 Å². The van der Waals surface area contributed by atoms with Gasteiger partial charge < -0.3 is 24.9 Å². The third-order valence-electron chi connectivity index (χ3n) is 7.91. The van der Waals surface area contributed by atoms with Crippen molar-refractivity contribution in [2.45, 2.75) is 38.5 Å². The number of β-lactam (4-membered cyclic amide) rings is 1. The van der Waals surface area contributed by atoms with Crippen molar-refractivity contribution >= 4 is 29.1 Å². The van der Waals surface area contributed by atoms with Crippen LogP contribution in [0.15, 0.2) is 91.0 Å². The predicted octanol–water partition coefficient (Wildman–Crippen LogP) is 3.76. The quantitative estimate of drug-likeness (QED) is 0.278. The van der Waals surface area contributed by atoms with Gasteiger partial charge in [0.1, 0.15) is 0 Å². The van der Waals surface area contributed by atoms with Gasteiger partial charge in [-0.2, -0.15) is 0 Å². The van der Waals surface area contributed by atoms with Crippen LogP contribution in [0.25, 0.3) is 0 Å². The van der Waals surface area contributed by atoms with E-state index in [0.29, 0.717) is 30.8 Å². The third kappa shape index (κ3) is 5.66. The normalized spacial score (nSPS) is 18.9. The molecule has 0 unspecified atom stereocenters. The van der Waals surface area contributed by atoms with Gasteiger partial charge in [-0.15, -0.1) is 0 Å². The van der Waals surface area contributed by atoms with Crippen molar-refractivity contribution in [3.8, 4) is 0 Å². The lowest BCUT2D eigenvalue weighted by molar-refractivity contribution is -0.139. The van der Waals surface area contributed by atoms with Gasteiger partial charge >= 0.3 is 0 Å². The largest absolute Gasteiger partial charge is 0.395 e. The summed E-state index contributed by atoms with van der Waals surface area (Å²) in [6.45, 7) is 3.17. The Morgan fingerprint density at radius 3 is 2.46 bits per heavy atom. The number of aliphatic hydroxyl groups is 2. The lowest BCUT2D eigenvalue weighted by atomic mass is 9.83. The van der Waals surface area contributed by atoms with Crippen molar-refractivity contribution in [1.29, 1.82) is 0 Å². The van der Waals surface area contributed by atoms with Crippen molar-refractivity contribution in [2.75, 3.05) is 29.5 Å². The first-order valence-corrected chi connectivity index (χ1v) is 13.9. The lowest BCUT2D eigenvalue weighted by Gasteiger charge is -2.31. The third-order valence-corrected chi connectivity index (χ3v) is 7.91. The van der Waals surface area contributed by atoms with Gasteiger partial charge in [-0.3, -0.25) is 14.4 Å². The number of rotatable bonds is 11. The van der Waals surface area contributed by atoms with E-state index < -0.39 is 17.4 Å². The molecule has 0 aliphatic carbocycles. The molecule has 2 N–H and O–H groups in total. The summed E-state index contributed by atoms with van der Waals surface area (Å²) in [5, 5.41) is 21.4. The Balaban J connectivity index is 1.31. The summed E-state index contributed by atoms with van der Waals surface area (Å²) in [6.07, 6.45) is 4.02. The first-order chi connectivity index (χ1) is 19.8. The number of benzene rings is 3. The van der Waals surface area contributed by atoms with Crippen LogP contribution >= 0.6 is 0 Å². The first-order valence-electron chi connectivity index (χ1n) is 13.9. The van der Waals surface area contributed by atoms with E-state index >= 15 is 0 Å². The molecule has 3 aromatic carbocycles. The molecular weight excluding hydrogens is 518 g/mol. The van der Waals surface area contributed by atoms with Crippen molar-refractivity contribution in [1.82, 2.24) is 4.90 Å². The maximum atomic E-state index is 13.8. The molecule has 8 nitrogen and oxygen atoms in total. The average Bonchev–Trinajstić information content (AvgIpc) is 3.19. The van der Waals surface area contributed by atoms with Gasteiger partial charge in [0.05, 0.1) is 18.8 Å². The molecule has 3 amide bonds. The van der Waals surface area contributed by atoms with Crippen molar-refractivity contribution in [3.63, 3.8) is 0 Å². The van der Waals surface area contributed by atoms with E-state index in [4.69, 9.17) is 0 Å². The standard InChI is InChI=1S/C33H35N3O5/c1-24(9-7-16-30(38)34(19-20-37)22-25-10-3-2-4-11-25)33(41)28-14-5-6-15-29(28)36(32(33)40)23-26-12-8-13-27(21-26)35-18-17-31(35)39/h2-15,21,24,37,41H,16-20,22-23H2,1H3/b9-7+/t24-,33+/m0/s1. The predicted molar refractivity (Wildman–Crippen MR) is 157 cm³/mol. The Morgan fingerprint density at radius 1 is 1.02 bits per heavy atom. The number of hydrogen-bond acceptors (Lipinski definition) is 5. The SMILES string of the molecule is C[C@@H](/C=C/CC(=O)N(CCO)Cc1ccccc1)[C@]1(O)C(=O)N(Cc2cccc(N3CCC3=O)c2)c2ccccc21. The van der Waals surface area contributed by atoms with Crippen LogP contribution in [0.3, 0.4) is 0 Å². The number of anilines is 2. The molecule has 41 heavy (non-hydrogen) atoms. The molecule has 2 aliphatic heterocycles. The highest BCUT2D eigenvalue weighted by Gasteiger charge is 2.52. The lowest BCUT2D eigenvalue weighted by Crippen LogP contribution is -2.44. The van der Waals surface area contributed by atoms with Gasteiger partial charge in [-0.05, 0) is 29.3 Å². The van der Waals surface area contributed by atoms with Crippen LogP contribution in [0.5, 0.6) is 0 Å². The van der Waals surface area contributed by atoms with Crippen molar-refractivity contribution in [2.24, 2.45) is 5.92 Å². The molecule has 0 radical (unpaired) electrons. The molecule has 2 aliphatic rings. The number of fused-ring (bicyclic) bond motifs is 1. The smallest absolute Gasteiger partial charge is 0.264 e. The van der Waals surface area contributed by atoms with Gasteiger partial charge in [0.15, 0.2) is 5.60 Å². The number of para-hydroxylation sites is 1. The monoisotopic (exact) mass is 553 g/mol. The molecule has 0 aromatic heterocycles. The van der Waals surface area contributed by atoms with Crippen LogP contribution in [-0.4, -0.2) is 52.5 Å². The first kappa shape index (κ1) is 28.3. The minimum Gasteiger partial charge on any atom is -0.395 e. The molecule has 0 bridgehead atoms. The van der Waals surface area contributed by atoms with Crippen LogP contribution < -0.4 is 9.80 Å². The number of carbonyl (C=O) groups excluding carboxylic acids is 3. The minimum absolute atomic E-state index is 0.0782.